The van der Waals surface area contributed by atoms with Gasteiger partial charge in [-0.1, -0.05) is 35.9 Å². The standard InChI is InChI=1S/C22H22N4O3S/c1-17-7-9-20(10-8-17)30(28,29)26(21-6-4-3-5-18(21)2)16-22(27)25-24-15-19-11-13-23-14-12-19/h3-15H,16H2,1-2H3,(H,25,27)/b24-15-. The number of amides is 1. The third-order valence-electron chi connectivity index (χ3n) is 4.39. The summed E-state index contributed by atoms with van der Waals surface area (Å²) in [5, 5.41) is 3.90. The average Bonchev–Trinajstić information content (AvgIpc) is 2.74. The largest absolute Gasteiger partial charge is 0.271 e. The van der Waals surface area contributed by atoms with Crippen molar-refractivity contribution < 1.29 is 13.2 Å². The van der Waals surface area contributed by atoms with Crippen LogP contribution in [-0.2, 0) is 14.8 Å². The monoisotopic (exact) mass is 422 g/mol. The molecule has 0 aliphatic heterocycles. The molecule has 0 atom stereocenters. The number of hydrazone groups is 1. The minimum atomic E-state index is -3.95. The van der Waals surface area contributed by atoms with Gasteiger partial charge in [0.15, 0.2) is 0 Å². The molecule has 0 radical (unpaired) electrons. The maximum atomic E-state index is 13.3. The lowest BCUT2D eigenvalue weighted by molar-refractivity contribution is -0.119. The van der Waals surface area contributed by atoms with Gasteiger partial charge in [-0.15, -0.1) is 0 Å². The quantitative estimate of drug-likeness (QED) is 0.468. The number of hydrogen-bond acceptors (Lipinski definition) is 5. The number of benzene rings is 2. The Hall–Kier alpha value is -3.52. The van der Waals surface area contributed by atoms with Crippen LogP contribution in [-0.4, -0.2) is 32.1 Å². The first kappa shape index (κ1) is 21.2. The van der Waals surface area contributed by atoms with E-state index in [1.54, 1.807) is 61.8 Å². The van der Waals surface area contributed by atoms with Crippen LogP contribution >= 0.6 is 0 Å². The lowest BCUT2D eigenvalue weighted by atomic mass is 10.2. The van der Waals surface area contributed by atoms with Crippen LogP contribution < -0.4 is 9.73 Å². The lowest BCUT2D eigenvalue weighted by Gasteiger charge is -2.25. The number of aryl methyl sites for hydroxylation is 2. The highest BCUT2D eigenvalue weighted by atomic mass is 32.2. The minimum absolute atomic E-state index is 0.115. The number of carbonyl (C=O) groups excluding carboxylic acids is 1. The highest BCUT2D eigenvalue weighted by Crippen LogP contribution is 2.26. The van der Waals surface area contributed by atoms with Crippen molar-refractivity contribution >= 4 is 27.8 Å². The molecule has 2 aromatic carbocycles. The van der Waals surface area contributed by atoms with Gasteiger partial charge < -0.3 is 0 Å². The maximum Gasteiger partial charge on any atom is 0.264 e. The topological polar surface area (TPSA) is 91.7 Å². The summed E-state index contributed by atoms with van der Waals surface area (Å²) in [7, 11) is -3.95. The van der Waals surface area contributed by atoms with Crippen LogP contribution in [0.2, 0.25) is 0 Å². The Kier molecular flexibility index (Phi) is 6.58. The number of anilines is 1. The minimum Gasteiger partial charge on any atom is -0.271 e. The second-order valence-electron chi connectivity index (χ2n) is 6.68. The van der Waals surface area contributed by atoms with Crippen LogP contribution in [0.4, 0.5) is 5.69 Å². The first-order chi connectivity index (χ1) is 14.4. The fourth-order valence-corrected chi connectivity index (χ4v) is 4.26. The third kappa shape index (κ3) is 5.09. The van der Waals surface area contributed by atoms with Crippen molar-refractivity contribution in [3.8, 4) is 0 Å². The Morgan fingerprint density at radius 3 is 2.37 bits per heavy atom. The molecular weight excluding hydrogens is 400 g/mol. The Bertz CT molecular complexity index is 1140. The summed E-state index contributed by atoms with van der Waals surface area (Å²) < 4.78 is 27.8. The van der Waals surface area contributed by atoms with Gasteiger partial charge in [0, 0.05) is 12.4 Å². The van der Waals surface area contributed by atoms with Gasteiger partial charge >= 0.3 is 0 Å². The van der Waals surface area contributed by atoms with Crippen molar-refractivity contribution in [2.24, 2.45) is 5.10 Å². The first-order valence-corrected chi connectivity index (χ1v) is 10.7. The number of carbonyl (C=O) groups is 1. The molecule has 0 aliphatic rings. The Balaban J connectivity index is 1.87. The van der Waals surface area contributed by atoms with Gasteiger partial charge in [-0.2, -0.15) is 5.10 Å². The molecule has 1 N–H and O–H groups in total. The van der Waals surface area contributed by atoms with E-state index in [-0.39, 0.29) is 4.90 Å². The van der Waals surface area contributed by atoms with E-state index in [0.717, 1.165) is 21.0 Å². The molecule has 30 heavy (non-hydrogen) atoms. The highest BCUT2D eigenvalue weighted by Gasteiger charge is 2.28. The van der Waals surface area contributed by atoms with Crippen LogP contribution in [0.25, 0.3) is 0 Å². The van der Waals surface area contributed by atoms with Gasteiger partial charge in [-0.3, -0.25) is 14.1 Å². The summed E-state index contributed by atoms with van der Waals surface area (Å²) in [4.78, 5) is 16.5. The molecule has 0 saturated carbocycles. The van der Waals surface area contributed by atoms with Crippen LogP contribution in [0, 0.1) is 13.8 Å². The van der Waals surface area contributed by atoms with Gasteiger partial charge in [0.2, 0.25) is 0 Å². The van der Waals surface area contributed by atoms with Gasteiger partial charge in [-0.05, 0) is 55.3 Å². The SMILES string of the molecule is Cc1ccc(S(=O)(=O)N(CC(=O)N/N=C\c2ccncc2)c2ccccc2C)cc1. The summed E-state index contributed by atoms with van der Waals surface area (Å²) in [5.74, 6) is -0.556. The number of para-hydroxylation sites is 1. The second kappa shape index (κ2) is 9.32. The van der Waals surface area contributed by atoms with Crippen LogP contribution in [0.3, 0.4) is 0 Å². The number of pyridine rings is 1. The van der Waals surface area contributed by atoms with Gasteiger partial charge in [0.05, 0.1) is 16.8 Å². The molecule has 0 fully saturated rings. The maximum absolute atomic E-state index is 13.3. The second-order valence-corrected chi connectivity index (χ2v) is 8.55. The van der Waals surface area contributed by atoms with Crippen molar-refractivity contribution in [1.82, 2.24) is 10.4 Å². The molecule has 8 heteroatoms. The molecule has 0 saturated heterocycles. The zero-order valence-electron chi connectivity index (χ0n) is 16.7. The van der Waals surface area contributed by atoms with E-state index in [2.05, 4.69) is 15.5 Å². The molecule has 154 valence electrons. The number of nitrogens with one attached hydrogen (secondary N) is 1. The zero-order chi connectivity index (χ0) is 21.6. The van der Waals surface area contributed by atoms with Crippen LogP contribution in [0.5, 0.6) is 0 Å². The summed E-state index contributed by atoms with van der Waals surface area (Å²) in [6.07, 6.45) is 4.68. The van der Waals surface area contributed by atoms with Crippen molar-refractivity contribution in [3.63, 3.8) is 0 Å². The van der Waals surface area contributed by atoms with E-state index in [4.69, 9.17) is 0 Å². The molecule has 0 unspecified atom stereocenters. The number of rotatable bonds is 7. The van der Waals surface area contributed by atoms with E-state index in [1.807, 2.05) is 13.0 Å². The molecule has 0 spiro atoms. The van der Waals surface area contributed by atoms with E-state index in [1.165, 1.54) is 18.3 Å². The summed E-state index contributed by atoms with van der Waals surface area (Å²) >= 11 is 0. The normalized spacial score (nSPS) is 11.4. The van der Waals surface area contributed by atoms with Crippen LogP contribution in [0.15, 0.2) is 83.1 Å². The van der Waals surface area contributed by atoms with E-state index < -0.39 is 22.5 Å². The van der Waals surface area contributed by atoms with Crippen molar-refractivity contribution in [1.29, 1.82) is 0 Å². The predicted molar refractivity (Wildman–Crippen MR) is 117 cm³/mol. The Labute approximate surface area is 176 Å². The van der Waals surface area contributed by atoms with E-state index in [9.17, 15) is 13.2 Å². The third-order valence-corrected chi connectivity index (χ3v) is 6.16. The van der Waals surface area contributed by atoms with Crippen molar-refractivity contribution in [2.75, 3.05) is 10.8 Å². The van der Waals surface area contributed by atoms with Crippen LogP contribution in [0.1, 0.15) is 16.7 Å². The smallest absolute Gasteiger partial charge is 0.264 e. The molecule has 1 heterocycles. The number of sulfonamides is 1. The fraction of sp³-hybridized carbons (Fsp3) is 0.136. The number of nitrogens with zero attached hydrogens (tertiary/aromatic N) is 3. The van der Waals surface area contributed by atoms with E-state index in [0.29, 0.717) is 5.69 Å². The first-order valence-electron chi connectivity index (χ1n) is 9.25. The summed E-state index contributed by atoms with van der Waals surface area (Å²) in [5.41, 5.74) is 5.26. The highest BCUT2D eigenvalue weighted by molar-refractivity contribution is 7.92. The van der Waals surface area contributed by atoms with E-state index >= 15 is 0 Å². The number of aromatic nitrogens is 1. The molecular formula is C22H22N4O3S. The van der Waals surface area contributed by atoms with Gasteiger partial charge in [0.1, 0.15) is 6.54 Å². The molecule has 3 rings (SSSR count). The molecule has 1 aromatic heterocycles. The number of hydrogen-bond donors (Lipinski definition) is 1. The Morgan fingerprint density at radius 2 is 1.70 bits per heavy atom. The summed E-state index contributed by atoms with van der Waals surface area (Å²) in [6.45, 7) is 3.27. The van der Waals surface area contributed by atoms with Crippen molar-refractivity contribution in [2.45, 2.75) is 18.7 Å². The molecule has 3 aromatic rings. The Morgan fingerprint density at radius 1 is 1.03 bits per heavy atom. The molecule has 0 aliphatic carbocycles. The average molecular weight is 423 g/mol. The zero-order valence-corrected chi connectivity index (χ0v) is 17.5. The van der Waals surface area contributed by atoms with Crippen molar-refractivity contribution in [3.05, 3.63) is 89.7 Å². The van der Waals surface area contributed by atoms with Gasteiger partial charge in [-0.25, -0.2) is 13.8 Å². The summed E-state index contributed by atoms with van der Waals surface area (Å²) in [6, 6.07) is 17.0. The molecule has 1 amide bonds. The molecule has 0 bridgehead atoms. The van der Waals surface area contributed by atoms with Gasteiger partial charge in [0.25, 0.3) is 15.9 Å². The predicted octanol–water partition coefficient (Wildman–Crippen LogP) is 3.04. The molecule has 7 nitrogen and oxygen atoms in total. The fourth-order valence-electron chi connectivity index (χ4n) is 2.77. The lowest BCUT2D eigenvalue weighted by Crippen LogP contribution is -2.40.